The second kappa shape index (κ2) is 13.5. The largest absolute Gasteiger partial charge is 0.457 e. The molecule has 0 aliphatic carbocycles. The van der Waals surface area contributed by atoms with Crippen LogP contribution in [0.1, 0.15) is 5.76 Å². The SMILES string of the molecule is N#C/C(=C\c1ccc(-c2ccc3cc(NCCN4CCOCC4)ccc3c2)o1)C(=O)NC[C@H]1OC(O)[C@H](O)[C@@H](O)[C@@H]1O. The Bertz CT molecular complexity index is 1460. The molecule has 2 aliphatic rings. The molecule has 5 rings (SSSR count). The number of anilines is 1. The molecule has 2 aromatic carbocycles. The highest BCUT2D eigenvalue weighted by Gasteiger charge is 2.43. The summed E-state index contributed by atoms with van der Waals surface area (Å²) in [5.74, 6) is 0.0924. The average molecular weight is 579 g/mol. The van der Waals surface area contributed by atoms with Crippen molar-refractivity contribution in [3.63, 3.8) is 0 Å². The summed E-state index contributed by atoms with van der Waals surface area (Å²) in [5, 5.41) is 56.6. The zero-order valence-electron chi connectivity index (χ0n) is 22.8. The normalized spacial score (nSPS) is 25.2. The summed E-state index contributed by atoms with van der Waals surface area (Å²) >= 11 is 0. The van der Waals surface area contributed by atoms with E-state index in [0.29, 0.717) is 11.5 Å². The number of morpholine rings is 1. The number of hydrogen-bond donors (Lipinski definition) is 6. The maximum atomic E-state index is 12.6. The van der Waals surface area contributed by atoms with Crippen molar-refractivity contribution in [3.8, 4) is 17.4 Å². The van der Waals surface area contributed by atoms with Crippen LogP contribution in [0.3, 0.4) is 0 Å². The number of aliphatic hydroxyl groups excluding tert-OH is 4. The number of nitrogens with zero attached hydrogens (tertiary/aromatic N) is 2. The van der Waals surface area contributed by atoms with Gasteiger partial charge in [-0.25, -0.2) is 0 Å². The van der Waals surface area contributed by atoms with E-state index in [4.69, 9.17) is 13.9 Å². The fraction of sp³-hybridized carbons (Fsp3) is 0.400. The topological polar surface area (TPSA) is 181 Å². The van der Waals surface area contributed by atoms with Crippen LogP contribution in [0.2, 0.25) is 0 Å². The molecule has 12 heteroatoms. The Morgan fingerprint density at radius 1 is 1.00 bits per heavy atom. The fourth-order valence-corrected chi connectivity index (χ4v) is 4.96. The van der Waals surface area contributed by atoms with Crippen LogP contribution in [-0.2, 0) is 14.3 Å². The molecule has 1 unspecified atom stereocenters. The second-order valence-corrected chi connectivity index (χ2v) is 10.3. The zero-order chi connectivity index (χ0) is 29.6. The standard InChI is InChI=1S/C30H34N4O8/c31-16-21(29(38)33-17-25-26(35)27(36)28(37)30(39)42-25)15-23-5-6-24(41-23)20-2-1-19-14-22(4-3-18(19)13-20)32-7-8-34-9-11-40-12-10-34/h1-6,13-15,25-28,30,32,35-37,39H,7-12,17H2,(H,33,38)/b21-15+/t25-,26-,27+,28-,30?/m1/s1. The van der Waals surface area contributed by atoms with Crippen LogP contribution in [0.25, 0.3) is 28.2 Å². The van der Waals surface area contributed by atoms with Gasteiger partial charge in [-0.05, 0) is 41.1 Å². The van der Waals surface area contributed by atoms with Crippen LogP contribution >= 0.6 is 0 Å². The van der Waals surface area contributed by atoms with Gasteiger partial charge in [0.2, 0.25) is 0 Å². The molecular weight excluding hydrogens is 544 g/mol. The van der Waals surface area contributed by atoms with Gasteiger partial charge in [-0.2, -0.15) is 5.26 Å². The van der Waals surface area contributed by atoms with Gasteiger partial charge in [-0.3, -0.25) is 9.69 Å². The van der Waals surface area contributed by atoms with Crippen LogP contribution < -0.4 is 10.6 Å². The molecule has 2 aliphatic heterocycles. The van der Waals surface area contributed by atoms with Gasteiger partial charge in [-0.15, -0.1) is 0 Å². The van der Waals surface area contributed by atoms with E-state index in [-0.39, 0.29) is 12.1 Å². The quantitative estimate of drug-likeness (QED) is 0.155. The third-order valence-corrected chi connectivity index (χ3v) is 7.41. The minimum atomic E-state index is -1.72. The average Bonchev–Trinajstić information content (AvgIpc) is 3.48. The number of aliphatic hydroxyl groups is 4. The number of carbonyl (C=O) groups excluding carboxylic acids is 1. The Labute approximate surface area is 242 Å². The van der Waals surface area contributed by atoms with Crippen molar-refractivity contribution in [2.45, 2.75) is 30.7 Å². The molecule has 0 spiro atoms. The number of amides is 1. The van der Waals surface area contributed by atoms with Crippen LogP contribution in [0.15, 0.2) is 58.5 Å². The summed E-state index contributed by atoms with van der Waals surface area (Å²) in [7, 11) is 0. The van der Waals surface area contributed by atoms with Crippen molar-refractivity contribution in [2.75, 3.05) is 51.3 Å². The van der Waals surface area contributed by atoms with Crippen molar-refractivity contribution < 1.29 is 39.1 Å². The molecule has 42 heavy (non-hydrogen) atoms. The Balaban J connectivity index is 1.19. The highest BCUT2D eigenvalue weighted by Crippen LogP contribution is 2.28. The lowest BCUT2D eigenvalue weighted by Crippen LogP contribution is -2.60. The van der Waals surface area contributed by atoms with E-state index >= 15 is 0 Å². The van der Waals surface area contributed by atoms with Gasteiger partial charge < -0.3 is 45.0 Å². The van der Waals surface area contributed by atoms with Gasteiger partial charge in [-0.1, -0.05) is 18.2 Å². The molecule has 1 aromatic heterocycles. The van der Waals surface area contributed by atoms with E-state index in [1.54, 1.807) is 12.1 Å². The first-order valence-corrected chi connectivity index (χ1v) is 13.8. The molecule has 12 nitrogen and oxygen atoms in total. The van der Waals surface area contributed by atoms with Gasteiger partial charge in [0.05, 0.1) is 13.2 Å². The van der Waals surface area contributed by atoms with Crippen molar-refractivity contribution in [2.24, 2.45) is 0 Å². The molecule has 0 saturated carbocycles. The van der Waals surface area contributed by atoms with E-state index in [1.165, 1.54) is 6.08 Å². The second-order valence-electron chi connectivity index (χ2n) is 10.3. The van der Waals surface area contributed by atoms with Crippen LogP contribution in [0.4, 0.5) is 5.69 Å². The lowest BCUT2D eigenvalue weighted by Gasteiger charge is -2.38. The molecule has 3 aromatic rings. The molecule has 5 atom stereocenters. The first-order valence-electron chi connectivity index (χ1n) is 13.8. The Morgan fingerprint density at radius 2 is 1.76 bits per heavy atom. The number of ether oxygens (including phenoxy) is 2. The summed E-state index contributed by atoms with van der Waals surface area (Å²) in [5.41, 5.74) is 1.63. The summed E-state index contributed by atoms with van der Waals surface area (Å²) in [6.07, 6.45) is -6.49. The van der Waals surface area contributed by atoms with Gasteiger partial charge in [0, 0.05) is 50.1 Å². The molecule has 3 heterocycles. The third kappa shape index (κ3) is 6.97. The Kier molecular flexibility index (Phi) is 9.51. The van der Waals surface area contributed by atoms with Crippen molar-refractivity contribution in [3.05, 3.63) is 59.9 Å². The molecule has 0 radical (unpaired) electrons. The van der Waals surface area contributed by atoms with Crippen LogP contribution in [0.5, 0.6) is 0 Å². The van der Waals surface area contributed by atoms with E-state index < -0.39 is 36.6 Å². The number of nitriles is 1. The number of nitrogens with one attached hydrogen (secondary N) is 2. The molecule has 222 valence electrons. The highest BCUT2D eigenvalue weighted by atomic mass is 16.6. The maximum Gasteiger partial charge on any atom is 0.262 e. The molecule has 0 bridgehead atoms. The summed E-state index contributed by atoms with van der Waals surface area (Å²) < 4.78 is 16.3. The maximum absolute atomic E-state index is 12.6. The van der Waals surface area contributed by atoms with Gasteiger partial charge in [0.15, 0.2) is 6.29 Å². The number of carbonyl (C=O) groups is 1. The Hall–Kier alpha value is -3.80. The van der Waals surface area contributed by atoms with Crippen LogP contribution in [-0.4, -0.2) is 108 Å². The predicted octanol–water partition coefficient (Wildman–Crippen LogP) is 0.667. The number of furan rings is 1. The summed E-state index contributed by atoms with van der Waals surface area (Å²) in [6, 6.07) is 17.4. The number of fused-ring (bicyclic) bond motifs is 1. The fourth-order valence-electron chi connectivity index (χ4n) is 4.96. The van der Waals surface area contributed by atoms with Gasteiger partial charge >= 0.3 is 0 Å². The smallest absolute Gasteiger partial charge is 0.262 e. The highest BCUT2D eigenvalue weighted by molar-refractivity contribution is 6.01. The summed E-state index contributed by atoms with van der Waals surface area (Å²) in [4.78, 5) is 15.0. The van der Waals surface area contributed by atoms with E-state index in [9.17, 15) is 30.5 Å². The zero-order valence-corrected chi connectivity index (χ0v) is 22.8. The summed E-state index contributed by atoms with van der Waals surface area (Å²) in [6.45, 7) is 4.99. The number of benzene rings is 2. The lowest BCUT2D eigenvalue weighted by molar-refractivity contribution is -0.280. The molecule has 1 amide bonds. The molecule has 2 saturated heterocycles. The van der Waals surface area contributed by atoms with Gasteiger partial charge in [0.25, 0.3) is 5.91 Å². The molecule has 6 N–H and O–H groups in total. The van der Waals surface area contributed by atoms with E-state index in [0.717, 1.165) is 61.4 Å². The third-order valence-electron chi connectivity index (χ3n) is 7.41. The first-order chi connectivity index (χ1) is 20.3. The minimum Gasteiger partial charge on any atom is -0.457 e. The van der Waals surface area contributed by atoms with E-state index in [1.807, 2.05) is 36.4 Å². The predicted molar refractivity (Wildman–Crippen MR) is 153 cm³/mol. The number of hydrogen-bond acceptors (Lipinski definition) is 11. The molecular formula is C30H34N4O8. The van der Waals surface area contributed by atoms with E-state index in [2.05, 4.69) is 21.6 Å². The molecule has 2 fully saturated rings. The Morgan fingerprint density at radius 3 is 2.55 bits per heavy atom. The monoisotopic (exact) mass is 578 g/mol. The number of rotatable bonds is 9. The van der Waals surface area contributed by atoms with Gasteiger partial charge in [0.1, 0.15) is 47.6 Å². The minimum absolute atomic E-state index is 0.255. The van der Waals surface area contributed by atoms with Crippen molar-refractivity contribution in [1.82, 2.24) is 10.2 Å². The van der Waals surface area contributed by atoms with Crippen LogP contribution in [0, 0.1) is 11.3 Å². The first kappa shape index (κ1) is 29.7. The van der Waals surface area contributed by atoms with Crippen molar-refractivity contribution in [1.29, 1.82) is 5.26 Å². The lowest BCUT2D eigenvalue weighted by atomic mass is 9.99. The van der Waals surface area contributed by atoms with Crippen molar-refractivity contribution >= 4 is 28.4 Å².